The maximum absolute atomic E-state index is 12.4. The molecule has 9 heteroatoms. The molecule has 0 unspecified atom stereocenters. The van der Waals surface area contributed by atoms with Gasteiger partial charge in [0.15, 0.2) is 0 Å². The number of nitrogens with zero attached hydrogens (tertiary/aromatic N) is 1. The monoisotopic (exact) mass is 365 g/mol. The molecule has 1 amide bonds. The molecule has 0 aromatic heterocycles. The summed E-state index contributed by atoms with van der Waals surface area (Å²) in [6.45, 7) is 3.48. The predicted molar refractivity (Wildman–Crippen MR) is 83.0 cm³/mol. The number of benzene rings is 1. The number of allylic oxidation sites excluding steroid dienone is 1. The number of alkyl halides is 3. The molecule has 0 atom stereocenters. The van der Waals surface area contributed by atoms with Crippen LogP contribution in [0.15, 0.2) is 30.9 Å². The molecule has 0 aliphatic heterocycles. The van der Waals surface area contributed by atoms with Crippen LogP contribution in [-0.2, 0) is 27.8 Å². The van der Waals surface area contributed by atoms with Crippen LogP contribution in [0.1, 0.15) is 17.5 Å². The van der Waals surface area contributed by atoms with Crippen molar-refractivity contribution in [3.63, 3.8) is 0 Å². The van der Waals surface area contributed by atoms with Crippen molar-refractivity contribution in [2.45, 2.75) is 24.8 Å². The molecule has 24 heavy (non-hydrogen) atoms. The van der Waals surface area contributed by atoms with Crippen LogP contribution in [0.25, 0.3) is 0 Å². The molecule has 0 saturated carbocycles. The highest BCUT2D eigenvalue weighted by Crippen LogP contribution is 2.30. The van der Waals surface area contributed by atoms with Crippen LogP contribution in [0.2, 0.25) is 0 Å². The van der Waals surface area contributed by atoms with E-state index in [1.165, 1.54) is 23.1 Å². The van der Waals surface area contributed by atoms with Crippen LogP contribution < -0.4 is 4.18 Å². The lowest BCUT2D eigenvalue weighted by molar-refractivity contribution is -0.128. The second-order valence-corrected chi connectivity index (χ2v) is 6.74. The Kier molecular flexibility index (Phi) is 6.42. The molecule has 0 radical (unpaired) electrons. The first kappa shape index (κ1) is 20.0. The van der Waals surface area contributed by atoms with Gasteiger partial charge in [-0.1, -0.05) is 18.2 Å². The fourth-order valence-electron chi connectivity index (χ4n) is 1.82. The number of hydrogen-bond donors (Lipinski definition) is 0. The molecule has 1 aromatic rings. The van der Waals surface area contributed by atoms with E-state index < -0.39 is 21.4 Å². The average Bonchev–Trinajstić information content (AvgIpc) is 2.45. The van der Waals surface area contributed by atoms with Crippen molar-refractivity contribution in [3.05, 3.63) is 42.0 Å². The Balaban J connectivity index is 3.03. The summed E-state index contributed by atoms with van der Waals surface area (Å²) in [7, 11) is -2.51. The van der Waals surface area contributed by atoms with Crippen molar-refractivity contribution in [3.8, 4) is 5.75 Å². The lowest BCUT2D eigenvalue weighted by Crippen LogP contribution is -2.28. The molecule has 0 aliphatic carbocycles. The van der Waals surface area contributed by atoms with Crippen molar-refractivity contribution in [2.24, 2.45) is 0 Å². The zero-order chi connectivity index (χ0) is 18.5. The van der Waals surface area contributed by atoms with Gasteiger partial charge in [0, 0.05) is 20.5 Å². The summed E-state index contributed by atoms with van der Waals surface area (Å²) in [4.78, 5) is 13.0. The van der Waals surface area contributed by atoms with Gasteiger partial charge in [0.25, 0.3) is 0 Å². The Morgan fingerprint density at radius 2 is 1.96 bits per heavy atom. The van der Waals surface area contributed by atoms with Gasteiger partial charge in [-0.2, -0.15) is 21.6 Å². The van der Waals surface area contributed by atoms with Crippen molar-refractivity contribution >= 4 is 16.0 Å². The topological polar surface area (TPSA) is 63.7 Å². The Morgan fingerprint density at radius 3 is 2.46 bits per heavy atom. The first-order chi connectivity index (χ1) is 11.0. The zero-order valence-electron chi connectivity index (χ0n) is 13.3. The molecule has 0 N–H and O–H groups in total. The summed E-state index contributed by atoms with van der Waals surface area (Å²) in [5.74, 6) is -0.504. The number of halogens is 3. The first-order valence-electron chi connectivity index (χ1n) is 6.91. The maximum atomic E-state index is 12.4. The van der Waals surface area contributed by atoms with Gasteiger partial charge in [0.2, 0.25) is 5.91 Å². The summed E-state index contributed by atoms with van der Waals surface area (Å²) in [6.07, 6.45) is 2.13. The standard InChI is InChI=1S/C15H18F3NO4S/c1-4-5-12-10-11(7-9-14(20)19(2)3)6-8-13(12)23-24(21,22)15(16,17)18/h4,6,8,10H,1,5,7,9H2,2-3H3. The molecule has 1 aromatic carbocycles. The van der Waals surface area contributed by atoms with Gasteiger partial charge in [0.05, 0.1) is 0 Å². The Hall–Kier alpha value is -2.03. The van der Waals surface area contributed by atoms with Gasteiger partial charge >= 0.3 is 15.6 Å². The van der Waals surface area contributed by atoms with E-state index in [1.807, 2.05) is 0 Å². The van der Waals surface area contributed by atoms with Crippen LogP contribution in [0.4, 0.5) is 13.2 Å². The largest absolute Gasteiger partial charge is 0.534 e. The van der Waals surface area contributed by atoms with Crippen molar-refractivity contribution in [1.29, 1.82) is 0 Å². The number of rotatable bonds is 7. The second kappa shape index (κ2) is 7.69. The second-order valence-electron chi connectivity index (χ2n) is 5.21. The highest BCUT2D eigenvalue weighted by molar-refractivity contribution is 7.88. The number of aryl methyl sites for hydroxylation is 1. The fourth-order valence-corrected chi connectivity index (χ4v) is 2.32. The van der Waals surface area contributed by atoms with Crippen LogP contribution in [0.3, 0.4) is 0 Å². The molecule has 1 rings (SSSR count). The third-order valence-electron chi connectivity index (χ3n) is 3.10. The van der Waals surface area contributed by atoms with E-state index in [9.17, 15) is 26.4 Å². The predicted octanol–water partition coefficient (Wildman–Crippen LogP) is 2.66. The summed E-state index contributed by atoms with van der Waals surface area (Å²) >= 11 is 0. The van der Waals surface area contributed by atoms with Crippen LogP contribution in [0, 0.1) is 0 Å². The van der Waals surface area contributed by atoms with Crippen molar-refractivity contribution in [1.82, 2.24) is 4.90 Å². The Labute approximate surface area is 138 Å². The summed E-state index contributed by atoms with van der Waals surface area (Å²) < 4.78 is 63.7. The van der Waals surface area contributed by atoms with E-state index in [4.69, 9.17) is 0 Å². The number of hydrogen-bond acceptors (Lipinski definition) is 4. The van der Waals surface area contributed by atoms with E-state index in [1.54, 1.807) is 14.1 Å². The summed E-state index contributed by atoms with van der Waals surface area (Å²) in [6, 6.07) is 4.08. The molecular formula is C15H18F3NO4S. The number of carbonyl (C=O) groups is 1. The zero-order valence-corrected chi connectivity index (χ0v) is 14.1. The van der Waals surface area contributed by atoms with Crippen LogP contribution >= 0.6 is 0 Å². The van der Waals surface area contributed by atoms with E-state index >= 15 is 0 Å². The third kappa shape index (κ3) is 5.26. The minimum absolute atomic E-state index is 0.0970. The molecule has 5 nitrogen and oxygen atoms in total. The molecule has 134 valence electrons. The summed E-state index contributed by atoms with van der Waals surface area (Å²) in [5, 5.41) is 0. The molecule has 0 spiro atoms. The fraction of sp³-hybridized carbons (Fsp3) is 0.400. The van der Waals surface area contributed by atoms with Gasteiger partial charge in [-0.15, -0.1) is 6.58 Å². The third-order valence-corrected chi connectivity index (χ3v) is 4.06. The minimum Gasteiger partial charge on any atom is -0.376 e. The minimum atomic E-state index is -5.74. The molecule has 0 fully saturated rings. The molecular weight excluding hydrogens is 347 g/mol. The Morgan fingerprint density at radius 1 is 1.33 bits per heavy atom. The first-order valence-corrected chi connectivity index (χ1v) is 8.32. The van der Waals surface area contributed by atoms with E-state index in [0.29, 0.717) is 12.0 Å². The van der Waals surface area contributed by atoms with Crippen LogP contribution in [-0.4, -0.2) is 38.8 Å². The molecule has 0 aliphatic rings. The molecule has 0 heterocycles. The SMILES string of the molecule is C=CCc1cc(CCC(=O)N(C)C)ccc1OS(=O)(=O)C(F)(F)F. The smallest absolute Gasteiger partial charge is 0.376 e. The van der Waals surface area contributed by atoms with Gasteiger partial charge in [0.1, 0.15) is 5.75 Å². The quantitative estimate of drug-likeness (QED) is 0.423. The number of carbonyl (C=O) groups excluding carboxylic acids is 1. The van der Waals surface area contributed by atoms with E-state index in [0.717, 1.165) is 6.07 Å². The van der Waals surface area contributed by atoms with E-state index in [2.05, 4.69) is 10.8 Å². The van der Waals surface area contributed by atoms with Gasteiger partial charge < -0.3 is 9.08 Å². The van der Waals surface area contributed by atoms with Crippen LogP contribution in [0.5, 0.6) is 5.75 Å². The van der Waals surface area contributed by atoms with Crippen molar-refractivity contribution in [2.75, 3.05) is 14.1 Å². The molecule has 0 saturated heterocycles. The Bertz CT molecular complexity index is 712. The lowest BCUT2D eigenvalue weighted by Gasteiger charge is -2.14. The lowest BCUT2D eigenvalue weighted by atomic mass is 10.0. The van der Waals surface area contributed by atoms with Gasteiger partial charge in [-0.3, -0.25) is 4.79 Å². The highest BCUT2D eigenvalue weighted by Gasteiger charge is 2.48. The van der Waals surface area contributed by atoms with Gasteiger partial charge in [-0.05, 0) is 30.0 Å². The average molecular weight is 365 g/mol. The van der Waals surface area contributed by atoms with E-state index in [-0.39, 0.29) is 24.3 Å². The highest BCUT2D eigenvalue weighted by atomic mass is 32.2. The maximum Gasteiger partial charge on any atom is 0.534 e. The normalized spacial score (nSPS) is 11.9. The number of amides is 1. The van der Waals surface area contributed by atoms with Gasteiger partial charge in [-0.25, -0.2) is 0 Å². The van der Waals surface area contributed by atoms with Crippen molar-refractivity contribution < 1.29 is 30.6 Å². The summed E-state index contributed by atoms with van der Waals surface area (Å²) in [5.41, 5.74) is -4.58. The molecule has 0 bridgehead atoms.